The molecule has 2 amide bonds. The summed E-state index contributed by atoms with van der Waals surface area (Å²) in [7, 11) is 0. The minimum atomic E-state index is -1.05. The third-order valence-electron chi connectivity index (χ3n) is 5.23. The van der Waals surface area contributed by atoms with Crippen molar-refractivity contribution in [1.82, 2.24) is 4.98 Å². The minimum absolute atomic E-state index is 0.0981. The van der Waals surface area contributed by atoms with Gasteiger partial charge in [-0.1, -0.05) is 6.92 Å². The van der Waals surface area contributed by atoms with Crippen LogP contribution in [0.25, 0.3) is 10.8 Å². The van der Waals surface area contributed by atoms with E-state index in [-0.39, 0.29) is 24.3 Å². The van der Waals surface area contributed by atoms with E-state index in [0.717, 1.165) is 29.3 Å². The van der Waals surface area contributed by atoms with E-state index in [9.17, 15) is 14.0 Å². The average molecular weight is 356 g/mol. The molecule has 4 rings (SSSR count). The number of carbonyl (C=O) groups excluding carboxylic acids is 2. The van der Waals surface area contributed by atoms with Gasteiger partial charge in [-0.15, -0.1) is 0 Å². The molecule has 3 atom stereocenters. The molecule has 1 aromatic heterocycles. The maximum Gasteiger partial charge on any atom is 0.231 e. The smallest absolute Gasteiger partial charge is 0.231 e. The van der Waals surface area contributed by atoms with Crippen LogP contribution >= 0.6 is 0 Å². The first-order chi connectivity index (χ1) is 12.5. The molecule has 0 bridgehead atoms. The highest BCUT2D eigenvalue weighted by Crippen LogP contribution is 2.36. The highest BCUT2D eigenvalue weighted by molar-refractivity contribution is 6.03. The number of halogens is 1. The summed E-state index contributed by atoms with van der Waals surface area (Å²) in [4.78, 5) is 30.2. The number of aromatic nitrogens is 1. The Bertz CT molecular complexity index is 900. The van der Waals surface area contributed by atoms with Gasteiger partial charge in [0.05, 0.1) is 5.92 Å². The van der Waals surface area contributed by atoms with Crippen molar-refractivity contribution >= 4 is 39.8 Å². The molecule has 1 saturated carbocycles. The zero-order chi connectivity index (χ0) is 18.4. The Balaban J connectivity index is 1.68. The molecule has 1 aromatic carbocycles. The summed E-state index contributed by atoms with van der Waals surface area (Å²) < 4.78 is 13.0. The molecule has 1 aliphatic heterocycles. The van der Waals surface area contributed by atoms with Crippen LogP contribution < -0.4 is 16.0 Å². The van der Waals surface area contributed by atoms with Crippen LogP contribution in [0.2, 0.25) is 0 Å². The van der Waals surface area contributed by atoms with Crippen LogP contribution in [-0.4, -0.2) is 29.0 Å². The Labute approximate surface area is 150 Å². The molecule has 2 aliphatic rings. The second-order valence-electron chi connectivity index (χ2n) is 7.04. The summed E-state index contributed by atoms with van der Waals surface area (Å²) in [6.45, 7) is 2.06. The molecule has 26 heavy (non-hydrogen) atoms. The van der Waals surface area contributed by atoms with Crippen molar-refractivity contribution in [1.29, 1.82) is 0 Å². The van der Waals surface area contributed by atoms with Crippen LogP contribution in [0.15, 0.2) is 24.4 Å². The van der Waals surface area contributed by atoms with Gasteiger partial charge < -0.3 is 16.0 Å². The van der Waals surface area contributed by atoms with Gasteiger partial charge in [-0.3, -0.25) is 9.59 Å². The normalized spacial score (nSPS) is 24.9. The Morgan fingerprint density at radius 3 is 2.88 bits per heavy atom. The molecule has 2 fully saturated rings. The fourth-order valence-electron chi connectivity index (χ4n) is 3.62. The van der Waals surface area contributed by atoms with Crippen LogP contribution in [0, 0.1) is 5.92 Å². The molecule has 1 saturated heterocycles. The summed E-state index contributed by atoms with van der Waals surface area (Å²) in [5, 5.41) is 4.19. The number of pyridine rings is 1. The molecule has 2 heterocycles. The number of amides is 2. The zero-order valence-electron chi connectivity index (χ0n) is 14.5. The van der Waals surface area contributed by atoms with Crippen LogP contribution in [0.5, 0.6) is 0 Å². The Morgan fingerprint density at radius 2 is 2.19 bits per heavy atom. The number of nitrogens with two attached hydrogens (primary N) is 1. The van der Waals surface area contributed by atoms with E-state index < -0.39 is 12.1 Å². The number of benzene rings is 1. The lowest BCUT2D eigenvalue weighted by molar-refractivity contribution is -0.118. The molecule has 136 valence electrons. The lowest BCUT2D eigenvalue weighted by Gasteiger charge is -2.24. The first kappa shape index (κ1) is 16.8. The zero-order valence-corrected chi connectivity index (χ0v) is 14.5. The molecule has 7 heteroatoms. The van der Waals surface area contributed by atoms with Gasteiger partial charge in [-0.2, -0.15) is 0 Å². The van der Waals surface area contributed by atoms with Crippen LogP contribution in [0.3, 0.4) is 0 Å². The minimum Gasteiger partial charge on any atom is -0.398 e. The summed E-state index contributed by atoms with van der Waals surface area (Å²) in [6, 6.07) is 5.58. The first-order valence-corrected chi connectivity index (χ1v) is 8.94. The summed E-state index contributed by atoms with van der Waals surface area (Å²) in [5.74, 6) is -0.468. The van der Waals surface area contributed by atoms with Crippen molar-refractivity contribution < 1.29 is 14.0 Å². The van der Waals surface area contributed by atoms with E-state index in [1.165, 1.54) is 0 Å². The van der Waals surface area contributed by atoms with Crippen molar-refractivity contribution in [2.24, 2.45) is 5.92 Å². The number of nitrogen functional groups attached to an aromatic ring is 1. The fraction of sp³-hybridized carbons (Fsp3) is 0.421. The largest absolute Gasteiger partial charge is 0.398 e. The number of nitrogens with zero attached hydrogens (tertiary/aromatic N) is 2. The van der Waals surface area contributed by atoms with Crippen LogP contribution in [0.4, 0.5) is 21.6 Å². The average Bonchev–Trinajstić information content (AvgIpc) is 3.22. The highest BCUT2D eigenvalue weighted by atomic mass is 19.1. The molecule has 1 aliphatic carbocycles. The number of fused-ring (bicyclic) bond motifs is 1. The third-order valence-corrected chi connectivity index (χ3v) is 5.23. The first-order valence-electron chi connectivity index (χ1n) is 8.94. The second kappa shape index (κ2) is 6.23. The number of hydrogen-bond acceptors (Lipinski definition) is 4. The van der Waals surface area contributed by atoms with Crippen molar-refractivity contribution in [2.75, 3.05) is 16.0 Å². The summed E-state index contributed by atoms with van der Waals surface area (Å²) >= 11 is 0. The molecular weight excluding hydrogens is 335 g/mol. The Hall–Kier alpha value is -2.70. The number of carbonyl (C=O) groups is 2. The van der Waals surface area contributed by atoms with Crippen molar-refractivity contribution in [3.8, 4) is 0 Å². The molecule has 0 radical (unpaired) electrons. The van der Waals surface area contributed by atoms with Crippen molar-refractivity contribution in [3.63, 3.8) is 0 Å². The van der Waals surface area contributed by atoms with E-state index in [0.29, 0.717) is 17.9 Å². The quantitative estimate of drug-likeness (QED) is 0.824. The van der Waals surface area contributed by atoms with Gasteiger partial charge in [0.1, 0.15) is 12.0 Å². The number of anilines is 3. The molecule has 2 aromatic rings. The van der Waals surface area contributed by atoms with E-state index in [4.69, 9.17) is 5.73 Å². The molecule has 1 unspecified atom stereocenters. The number of hydrogen-bond donors (Lipinski definition) is 2. The Kier molecular flexibility index (Phi) is 4.01. The lowest BCUT2D eigenvalue weighted by Crippen LogP contribution is -2.32. The highest BCUT2D eigenvalue weighted by Gasteiger charge is 2.43. The standard InChI is InChI=1S/C19H21FN4O2/c1-2-11-3-4-18(25)24(11)12-5-10-6-17(22-9-14(10)16(21)7-12)23-19(26)13-8-15(13)20/h5-7,9,11,13,15H,2-4,8,21H2,1H3,(H,22,23,26)/t11?,13-,15+/m1/s1. The van der Waals surface area contributed by atoms with Gasteiger partial charge in [0.2, 0.25) is 11.8 Å². The number of rotatable bonds is 4. The number of alkyl halides is 1. The topological polar surface area (TPSA) is 88.3 Å². The summed E-state index contributed by atoms with van der Waals surface area (Å²) in [5.41, 5.74) is 7.46. The van der Waals surface area contributed by atoms with Gasteiger partial charge in [0.25, 0.3) is 0 Å². The van der Waals surface area contributed by atoms with E-state index >= 15 is 0 Å². The van der Waals surface area contributed by atoms with Crippen molar-refractivity contribution in [3.05, 3.63) is 24.4 Å². The SMILES string of the molecule is CCC1CCC(=O)N1c1cc(N)c2cnc(NC(=O)[C@@H]3C[C@@H]3F)cc2c1. The lowest BCUT2D eigenvalue weighted by atomic mass is 10.1. The van der Waals surface area contributed by atoms with Crippen LogP contribution in [-0.2, 0) is 9.59 Å². The second-order valence-corrected chi connectivity index (χ2v) is 7.04. The molecule has 3 N–H and O–H groups in total. The monoisotopic (exact) mass is 356 g/mol. The molecule has 0 spiro atoms. The maximum atomic E-state index is 13.0. The summed E-state index contributed by atoms with van der Waals surface area (Å²) in [6.07, 6.45) is 3.08. The van der Waals surface area contributed by atoms with Gasteiger partial charge in [-0.05, 0) is 42.8 Å². The van der Waals surface area contributed by atoms with Gasteiger partial charge in [-0.25, -0.2) is 9.37 Å². The number of nitrogens with one attached hydrogen (secondary N) is 1. The van der Waals surface area contributed by atoms with E-state index in [1.807, 2.05) is 11.0 Å². The predicted molar refractivity (Wildman–Crippen MR) is 98.6 cm³/mol. The predicted octanol–water partition coefficient (Wildman–Crippen LogP) is 3.02. The van der Waals surface area contributed by atoms with Gasteiger partial charge >= 0.3 is 0 Å². The Morgan fingerprint density at radius 1 is 1.42 bits per heavy atom. The fourth-order valence-corrected chi connectivity index (χ4v) is 3.62. The van der Waals surface area contributed by atoms with E-state index in [2.05, 4.69) is 17.2 Å². The maximum absolute atomic E-state index is 13.0. The molecular formula is C19H21FN4O2. The van der Waals surface area contributed by atoms with Crippen molar-refractivity contribution in [2.45, 2.75) is 44.8 Å². The third kappa shape index (κ3) is 2.87. The van der Waals surface area contributed by atoms with Gasteiger partial charge in [0, 0.05) is 35.4 Å². The van der Waals surface area contributed by atoms with E-state index in [1.54, 1.807) is 18.3 Å². The van der Waals surface area contributed by atoms with Crippen LogP contribution in [0.1, 0.15) is 32.6 Å². The molecule has 6 nitrogen and oxygen atoms in total. The van der Waals surface area contributed by atoms with Gasteiger partial charge in [0.15, 0.2) is 0 Å².